The van der Waals surface area contributed by atoms with E-state index in [-0.39, 0.29) is 5.91 Å². The summed E-state index contributed by atoms with van der Waals surface area (Å²) in [6.07, 6.45) is 5.96. The Balaban J connectivity index is 1.68. The van der Waals surface area contributed by atoms with Crippen molar-refractivity contribution in [3.8, 4) is 0 Å². The molecule has 5 nitrogen and oxygen atoms in total. The molecule has 1 aromatic rings. The molecule has 19 heavy (non-hydrogen) atoms. The zero-order valence-corrected chi connectivity index (χ0v) is 11.4. The van der Waals surface area contributed by atoms with Crippen molar-refractivity contribution in [2.24, 2.45) is 13.0 Å². The number of rotatable bonds is 3. The van der Waals surface area contributed by atoms with Crippen molar-refractivity contribution in [2.45, 2.75) is 31.7 Å². The van der Waals surface area contributed by atoms with E-state index in [9.17, 15) is 4.79 Å². The predicted molar refractivity (Wildman–Crippen MR) is 70.6 cm³/mol. The molecule has 2 aliphatic rings. The molecule has 0 N–H and O–H groups in total. The van der Waals surface area contributed by atoms with Gasteiger partial charge in [-0.1, -0.05) is 6.42 Å². The number of aryl methyl sites for hydroxylation is 1. The molecule has 1 amide bonds. The summed E-state index contributed by atoms with van der Waals surface area (Å²) < 4.78 is 7.34. The van der Waals surface area contributed by atoms with Crippen LogP contribution in [0.5, 0.6) is 0 Å². The highest BCUT2D eigenvalue weighted by molar-refractivity contribution is 5.78. The molecule has 0 radical (unpaired) electrons. The summed E-state index contributed by atoms with van der Waals surface area (Å²) in [6.45, 7) is 2.11. The third kappa shape index (κ3) is 2.52. The van der Waals surface area contributed by atoms with E-state index >= 15 is 0 Å². The molecular formula is C14H21N3O2. The third-order valence-corrected chi connectivity index (χ3v) is 4.43. The molecule has 2 fully saturated rings. The van der Waals surface area contributed by atoms with Gasteiger partial charge in [-0.2, -0.15) is 5.10 Å². The fourth-order valence-electron chi connectivity index (χ4n) is 2.98. The maximum absolute atomic E-state index is 12.5. The van der Waals surface area contributed by atoms with Crippen LogP contribution >= 0.6 is 0 Å². The monoisotopic (exact) mass is 263 g/mol. The zero-order chi connectivity index (χ0) is 13.2. The molecule has 0 aromatic carbocycles. The average Bonchev–Trinajstić information content (AvgIpc) is 2.73. The Morgan fingerprint density at radius 3 is 3.00 bits per heavy atom. The normalized spacial score (nSPS) is 24.3. The van der Waals surface area contributed by atoms with Crippen LogP contribution in [-0.2, 0) is 23.0 Å². The van der Waals surface area contributed by atoms with Gasteiger partial charge in [-0.3, -0.25) is 9.48 Å². The van der Waals surface area contributed by atoms with Gasteiger partial charge in [-0.15, -0.1) is 0 Å². The van der Waals surface area contributed by atoms with Crippen LogP contribution in [0, 0.1) is 5.92 Å². The van der Waals surface area contributed by atoms with Gasteiger partial charge in [0.1, 0.15) is 0 Å². The van der Waals surface area contributed by atoms with Crippen LogP contribution in [0.1, 0.15) is 25.0 Å². The molecule has 2 heterocycles. The molecule has 1 aliphatic heterocycles. The van der Waals surface area contributed by atoms with Crippen molar-refractivity contribution >= 4 is 5.91 Å². The van der Waals surface area contributed by atoms with Crippen molar-refractivity contribution in [1.82, 2.24) is 14.7 Å². The van der Waals surface area contributed by atoms with E-state index in [1.165, 1.54) is 19.3 Å². The first-order chi connectivity index (χ1) is 9.25. The highest BCUT2D eigenvalue weighted by Gasteiger charge is 2.36. The standard InChI is InChI=1S/C14H21N3O2/c1-16-12(5-6-15-16)9-14(18)17-7-8-19-10-13(17)11-3-2-4-11/h5-6,11,13H,2-4,7-10H2,1H3. The van der Waals surface area contributed by atoms with Crippen LogP contribution in [0.25, 0.3) is 0 Å². The molecule has 0 spiro atoms. The van der Waals surface area contributed by atoms with Gasteiger partial charge in [0.05, 0.1) is 25.7 Å². The van der Waals surface area contributed by atoms with E-state index in [2.05, 4.69) is 5.10 Å². The van der Waals surface area contributed by atoms with E-state index in [1.807, 2.05) is 18.0 Å². The molecule has 1 aromatic heterocycles. The number of amides is 1. The fourth-order valence-corrected chi connectivity index (χ4v) is 2.98. The Morgan fingerprint density at radius 1 is 1.53 bits per heavy atom. The molecule has 1 saturated carbocycles. The van der Waals surface area contributed by atoms with E-state index in [1.54, 1.807) is 10.9 Å². The summed E-state index contributed by atoms with van der Waals surface area (Å²) in [5, 5.41) is 4.12. The summed E-state index contributed by atoms with van der Waals surface area (Å²) in [5.74, 6) is 0.861. The summed E-state index contributed by atoms with van der Waals surface area (Å²) in [5.41, 5.74) is 0.976. The second-order valence-electron chi connectivity index (χ2n) is 5.54. The van der Waals surface area contributed by atoms with E-state index in [4.69, 9.17) is 4.74 Å². The van der Waals surface area contributed by atoms with E-state index in [0.29, 0.717) is 31.6 Å². The SMILES string of the molecule is Cn1nccc1CC(=O)N1CCOCC1C1CCC1. The number of hydrogen-bond acceptors (Lipinski definition) is 3. The van der Waals surface area contributed by atoms with Crippen LogP contribution in [0.15, 0.2) is 12.3 Å². The minimum absolute atomic E-state index is 0.212. The summed E-state index contributed by atoms with van der Waals surface area (Å²) in [4.78, 5) is 14.5. The first-order valence-corrected chi connectivity index (χ1v) is 7.10. The van der Waals surface area contributed by atoms with Gasteiger partial charge in [0.2, 0.25) is 5.91 Å². The second-order valence-corrected chi connectivity index (χ2v) is 5.54. The number of nitrogens with zero attached hydrogens (tertiary/aromatic N) is 3. The van der Waals surface area contributed by atoms with E-state index in [0.717, 1.165) is 12.2 Å². The molecule has 5 heteroatoms. The molecule has 0 bridgehead atoms. The van der Waals surface area contributed by atoms with Crippen LogP contribution in [0.4, 0.5) is 0 Å². The highest BCUT2D eigenvalue weighted by atomic mass is 16.5. The van der Waals surface area contributed by atoms with Gasteiger partial charge in [-0.25, -0.2) is 0 Å². The molecule has 1 aliphatic carbocycles. The van der Waals surface area contributed by atoms with Crippen LogP contribution in [0.2, 0.25) is 0 Å². The van der Waals surface area contributed by atoms with Gasteiger partial charge in [-0.05, 0) is 24.8 Å². The quantitative estimate of drug-likeness (QED) is 0.817. The lowest BCUT2D eigenvalue weighted by Gasteiger charge is -2.43. The van der Waals surface area contributed by atoms with Gasteiger partial charge >= 0.3 is 0 Å². The smallest absolute Gasteiger partial charge is 0.228 e. The lowest BCUT2D eigenvalue weighted by atomic mass is 9.79. The van der Waals surface area contributed by atoms with Crippen molar-refractivity contribution in [2.75, 3.05) is 19.8 Å². The largest absolute Gasteiger partial charge is 0.377 e. The molecule has 104 valence electrons. The molecular weight excluding hydrogens is 242 g/mol. The van der Waals surface area contributed by atoms with Gasteiger partial charge < -0.3 is 9.64 Å². The minimum atomic E-state index is 0.212. The zero-order valence-electron chi connectivity index (χ0n) is 11.4. The number of morpholine rings is 1. The average molecular weight is 263 g/mol. The van der Waals surface area contributed by atoms with Gasteiger partial charge in [0.25, 0.3) is 0 Å². The Hall–Kier alpha value is -1.36. The van der Waals surface area contributed by atoms with Crippen LogP contribution in [-0.4, -0.2) is 46.4 Å². The molecule has 3 rings (SSSR count). The highest BCUT2D eigenvalue weighted by Crippen LogP contribution is 2.33. The Labute approximate surface area is 113 Å². The number of carbonyl (C=O) groups excluding carboxylic acids is 1. The first-order valence-electron chi connectivity index (χ1n) is 7.10. The lowest BCUT2D eigenvalue weighted by Crippen LogP contribution is -2.54. The third-order valence-electron chi connectivity index (χ3n) is 4.43. The van der Waals surface area contributed by atoms with Crippen molar-refractivity contribution < 1.29 is 9.53 Å². The predicted octanol–water partition coefficient (Wildman–Crippen LogP) is 0.990. The number of carbonyl (C=O) groups is 1. The maximum Gasteiger partial charge on any atom is 0.228 e. The van der Waals surface area contributed by atoms with Gasteiger partial charge in [0.15, 0.2) is 0 Å². The Morgan fingerprint density at radius 2 is 2.37 bits per heavy atom. The van der Waals surface area contributed by atoms with Crippen molar-refractivity contribution in [3.63, 3.8) is 0 Å². The summed E-state index contributed by atoms with van der Waals surface area (Å²) in [6, 6.07) is 2.21. The van der Waals surface area contributed by atoms with Crippen LogP contribution in [0.3, 0.4) is 0 Å². The topological polar surface area (TPSA) is 47.4 Å². The number of aromatic nitrogens is 2. The maximum atomic E-state index is 12.5. The number of hydrogen-bond donors (Lipinski definition) is 0. The lowest BCUT2D eigenvalue weighted by molar-refractivity contribution is -0.143. The van der Waals surface area contributed by atoms with Crippen molar-refractivity contribution in [1.29, 1.82) is 0 Å². The second kappa shape index (κ2) is 5.33. The molecule has 1 atom stereocenters. The fraction of sp³-hybridized carbons (Fsp3) is 0.714. The summed E-state index contributed by atoms with van der Waals surface area (Å²) in [7, 11) is 1.88. The van der Waals surface area contributed by atoms with Crippen molar-refractivity contribution in [3.05, 3.63) is 18.0 Å². The summed E-state index contributed by atoms with van der Waals surface area (Å²) >= 11 is 0. The molecule has 1 saturated heterocycles. The minimum Gasteiger partial charge on any atom is -0.377 e. The van der Waals surface area contributed by atoms with Gasteiger partial charge in [0, 0.05) is 25.5 Å². The first kappa shape index (κ1) is 12.7. The number of ether oxygens (including phenoxy) is 1. The Bertz CT molecular complexity index is 453. The van der Waals surface area contributed by atoms with Crippen LogP contribution < -0.4 is 0 Å². The molecule has 1 unspecified atom stereocenters. The Kier molecular flexibility index (Phi) is 3.55. The van der Waals surface area contributed by atoms with E-state index < -0.39 is 0 Å².